The summed E-state index contributed by atoms with van der Waals surface area (Å²) in [4.78, 5) is 0. The Bertz CT molecular complexity index is 287. The van der Waals surface area contributed by atoms with Crippen LogP contribution in [0.1, 0.15) is 38.5 Å². The zero-order valence-corrected chi connectivity index (χ0v) is 10.3. The van der Waals surface area contributed by atoms with Gasteiger partial charge in [0.25, 0.3) is 0 Å². The molecule has 0 fully saturated rings. The minimum atomic E-state index is 0.328. The first-order chi connectivity index (χ1) is 7.68. The van der Waals surface area contributed by atoms with Crippen molar-refractivity contribution in [1.82, 2.24) is 15.5 Å². The molecule has 1 rings (SSSR count). The Morgan fingerprint density at radius 2 is 2.12 bits per heavy atom. The highest BCUT2D eigenvalue weighted by Gasteiger charge is 2.00. The number of aromatic nitrogens is 2. The van der Waals surface area contributed by atoms with Gasteiger partial charge in [-0.15, -0.1) is 10.2 Å². The second-order valence-electron chi connectivity index (χ2n) is 4.02. The van der Waals surface area contributed by atoms with Crippen LogP contribution in [0.15, 0.2) is 4.42 Å². The van der Waals surface area contributed by atoms with E-state index in [0.29, 0.717) is 24.4 Å². The Kier molecular flexibility index (Phi) is 6.03. The maximum absolute atomic E-state index is 5.44. The molecule has 0 saturated heterocycles. The predicted octanol–water partition coefficient (Wildman–Crippen LogP) is 1.67. The van der Waals surface area contributed by atoms with Gasteiger partial charge in [-0.05, 0) is 33.2 Å². The van der Waals surface area contributed by atoms with Crippen LogP contribution in [0.3, 0.4) is 0 Å². The van der Waals surface area contributed by atoms with Crippen molar-refractivity contribution >= 4 is 0 Å². The van der Waals surface area contributed by atoms with Gasteiger partial charge in [0.05, 0.1) is 12.6 Å². The van der Waals surface area contributed by atoms with Gasteiger partial charge in [-0.25, -0.2) is 0 Å². The van der Waals surface area contributed by atoms with Crippen molar-refractivity contribution in [3.8, 4) is 0 Å². The van der Waals surface area contributed by atoms with Gasteiger partial charge >= 0.3 is 0 Å². The van der Waals surface area contributed by atoms with Crippen LogP contribution in [-0.4, -0.2) is 29.5 Å². The van der Waals surface area contributed by atoms with E-state index in [1.54, 1.807) is 6.92 Å². The Balaban J connectivity index is 1.92. The minimum Gasteiger partial charge on any atom is -0.424 e. The zero-order chi connectivity index (χ0) is 11.8. The second-order valence-corrected chi connectivity index (χ2v) is 4.02. The molecule has 0 saturated carbocycles. The summed E-state index contributed by atoms with van der Waals surface area (Å²) < 4.78 is 10.7. The fourth-order valence-corrected chi connectivity index (χ4v) is 1.28. The molecule has 0 aliphatic rings. The molecular formula is C11H21N3O2. The molecule has 0 bridgehead atoms. The van der Waals surface area contributed by atoms with Gasteiger partial charge in [-0.3, -0.25) is 0 Å². The van der Waals surface area contributed by atoms with Gasteiger partial charge in [0.1, 0.15) is 0 Å². The predicted molar refractivity (Wildman–Crippen MR) is 61.1 cm³/mol. The molecule has 5 nitrogen and oxygen atoms in total. The molecule has 1 aromatic rings. The van der Waals surface area contributed by atoms with Crippen LogP contribution < -0.4 is 5.32 Å². The van der Waals surface area contributed by atoms with E-state index >= 15 is 0 Å². The topological polar surface area (TPSA) is 60.2 Å². The first-order valence-electron chi connectivity index (χ1n) is 5.80. The van der Waals surface area contributed by atoms with E-state index < -0.39 is 0 Å². The van der Waals surface area contributed by atoms with Crippen LogP contribution in [0.2, 0.25) is 0 Å². The number of hydrogen-bond acceptors (Lipinski definition) is 5. The van der Waals surface area contributed by atoms with Crippen molar-refractivity contribution in [2.45, 2.75) is 46.3 Å². The van der Waals surface area contributed by atoms with Crippen molar-refractivity contribution in [2.24, 2.45) is 0 Å². The molecule has 0 unspecified atom stereocenters. The summed E-state index contributed by atoms with van der Waals surface area (Å²) in [6, 6.07) is 0. The SMILES string of the molecule is Cc1nnc(CNCCCCOC(C)C)o1. The number of unbranched alkanes of at least 4 members (excludes halogenated alkanes) is 1. The summed E-state index contributed by atoms with van der Waals surface area (Å²) >= 11 is 0. The molecule has 92 valence electrons. The third-order valence-corrected chi connectivity index (χ3v) is 2.04. The first kappa shape index (κ1) is 13.1. The maximum Gasteiger partial charge on any atom is 0.230 e. The van der Waals surface area contributed by atoms with Gasteiger partial charge in [0, 0.05) is 13.5 Å². The van der Waals surface area contributed by atoms with Crippen molar-refractivity contribution in [1.29, 1.82) is 0 Å². The molecule has 0 amide bonds. The lowest BCUT2D eigenvalue weighted by Gasteiger charge is -2.06. The highest BCUT2D eigenvalue weighted by atomic mass is 16.5. The number of nitrogens with zero attached hydrogens (tertiary/aromatic N) is 2. The summed E-state index contributed by atoms with van der Waals surface area (Å²) in [7, 11) is 0. The van der Waals surface area contributed by atoms with Crippen molar-refractivity contribution in [3.63, 3.8) is 0 Å². The fraction of sp³-hybridized carbons (Fsp3) is 0.818. The lowest BCUT2D eigenvalue weighted by molar-refractivity contribution is 0.0760. The second kappa shape index (κ2) is 7.35. The van der Waals surface area contributed by atoms with Crippen molar-refractivity contribution in [3.05, 3.63) is 11.8 Å². The van der Waals surface area contributed by atoms with E-state index in [0.717, 1.165) is 26.0 Å². The van der Waals surface area contributed by atoms with Crippen LogP contribution in [-0.2, 0) is 11.3 Å². The van der Waals surface area contributed by atoms with Gasteiger partial charge in [-0.2, -0.15) is 0 Å². The van der Waals surface area contributed by atoms with E-state index in [-0.39, 0.29) is 0 Å². The van der Waals surface area contributed by atoms with Crippen LogP contribution >= 0.6 is 0 Å². The van der Waals surface area contributed by atoms with E-state index in [1.165, 1.54) is 0 Å². The molecule has 1 N–H and O–H groups in total. The third-order valence-electron chi connectivity index (χ3n) is 2.04. The summed E-state index contributed by atoms with van der Waals surface area (Å²) in [5.74, 6) is 1.26. The van der Waals surface area contributed by atoms with Crippen LogP contribution in [0, 0.1) is 6.92 Å². The molecule has 1 heterocycles. The molecule has 0 aromatic carbocycles. The number of nitrogens with one attached hydrogen (secondary N) is 1. The average molecular weight is 227 g/mol. The molecule has 0 radical (unpaired) electrons. The third kappa shape index (κ3) is 5.82. The first-order valence-corrected chi connectivity index (χ1v) is 5.80. The molecule has 5 heteroatoms. The van der Waals surface area contributed by atoms with Gasteiger partial charge < -0.3 is 14.5 Å². The van der Waals surface area contributed by atoms with Crippen LogP contribution in [0.25, 0.3) is 0 Å². The normalized spacial score (nSPS) is 11.2. The number of hydrogen-bond donors (Lipinski definition) is 1. The average Bonchev–Trinajstić information content (AvgIpc) is 2.62. The standard InChI is InChI=1S/C11H21N3O2/c1-9(2)15-7-5-4-6-12-8-11-14-13-10(3)16-11/h9,12H,4-8H2,1-3H3. The summed E-state index contributed by atoms with van der Waals surface area (Å²) in [5.41, 5.74) is 0. The fourth-order valence-electron chi connectivity index (χ4n) is 1.28. The monoisotopic (exact) mass is 227 g/mol. The van der Waals surface area contributed by atoms with E-state index in [4.69, 9.17) is 9.15 Å². The quantitative estimate of drug-likeness (QED) is 0.685. The highest BCUT2D eigenvalue weighted by molar-refractivity contribution is 4.77. The molecule has 0 atom stereocenters. The van der Waals surface area contributed by atoms with E-state index in [2.05, 4.69) is 29.4 Å². The molecule has 0 spiro atoms. The molecule has 16 heavy (non-hydrogen) atoms. The Morgan fingerprint density at radius 3 is 2.75 bits per heavy atom. The zero-order valence-electron chi connectivity index (χ0n) is 10.3. The molecule has 1 aromatic heterocycles. The maximum atomic E-state index is 5.44. The summed E-state index contributed by atoms with van der Waals surface area (Å²) in [6.07, 6.45) is 2.50. The molecule has 0 aliphatic carbocycles. The van der Waals surface area contributed by atoms with E-state index in [9.17, 15) is 0 Å². The lowest BCUT2D eigenvalue weighted by Crippen LogP contribution is -2.15. The van der Waals surface area contributed by atoms with Crippen LogP contribution in [0.5, 0.6) is 0 Å². The van der Waals surface area contributed by atoms with Gasteiger partial charge in [-0.1, -0.05) is 0 Å². The van der Waals surface area contributed by atoms with E-state index in [1.807, 2.05) is 0 Å². The molecule has 0 aliphatic heterocycles. The highest BCUT2D eigenvalue weighted by Crippen LogP contribution is 1.97. The Morgan fingerprint density at radius 1 is 1.31 bits per heavy atom. The number of rotatable bonds is 8. The smallest absolute Gasteiger partial charge is 0.230 e. The van der Waals surface area contributed by atoms with Crippen molar-refractivity contribution < 1.29 is 9.15 Å². The van der Waals surface area contributed by atoms with Crippen molar-refractivity contribution in [2.75, 3.05) is 13.2 Å². The minimum absolute atomic E-state index is 0.328. The lowest BCUT2D eigenvalue weighted by atomic mass is 10.3. The Hall–Kier alpha value is -0.940. The van der Waals surface area contributed by atoms with Gasteiger partial charge in [0.2, 0.25) is 11.8 Å². The number of aryl methyl sites for hydroxylation is 1. The molecular weight excluding hydrogens is 206 g/mol. The Labute approximate surface area is 96.6 Å². The summed E-state index contributed by atoms with van der Waals surface area (Å²) in [6.45, 7) is 8.32. The summed E-state index contributed by atoms with van der Waals surface area (Å²) in [5, 5.41) is 10.9. The van der Waals surface area contributed by atoms with Gasteiger partial charge in [0.15, 0.2) is 0 Å². The number of ether oxygens (including phenoxy) is 1. The largest absolute Gasteiger partial charge is 0.424 e. The van der Waals surface area contributed by atoms with Crippen LogP contribution in [0.4, 0.5) is 0 Å².